The summed E-state index contributed by atoms with van der Waals surface area (Å²) < 4.78 is 1.98. The minimum atomic E-state index is -0.244. The lowest BCUT2D eigenvalue weighted by Crippen LogP contribution is -2.30. The molecule has 2 aromatic heterocycles. The number of hydrogen-bond donors (Lipinski definition) is 2. The average molecular weight is 321 g/mol. The highest BCUT2D eigenvalue weighted by Gasteiger charge is 2.09. The third-order valence-electron chi connectivity index (χ3n) is 3.62. The molecule has 6 heteroatoms. The van der Waals surface area contributed by atoms with Crippen molar-refractivity contribution in [1.29, 1.82) is 0 Å². The molecular weight excluding hydrogens is 302 g/mol. The number of amides is 1. The molecule has 0 bridgehead atoms. The van der Waals surface area contributed by atoms with Crippen LogP contribution in [0.1, 0.15) is 27.3 Å². The van der Waals surface area contributed by atoms with E-state index in [2.05, 4.69) is 20.8 Å². The van der Waals surface area contributed by atoms with Gasteiger partial charge in [-0.25, -0.2) is 9.97 Å². The summed E-state index contributed by atoms with van der Waals surface area (Å²) in [6, 6.07) is 11.3. The third kappa shape index (κ3) is 3.43. The Morgan fingerprint density at radius 3 is 2.33 bits per heavy atom. The first-order valence-electron chi connectivity index (χ1n) is 7.65. The molecule has 2 heterocycles. The van der Waals surface area contributed by atoms with Gasteiger partial charge in [0.25, 0.3) is 5.91 Å². The Labute approximate surface area is 140 Å². The van der Waals surface area contributed by atoms with Crippen molar-refractivity contribution in [2.45, 2.75) is 20.8 Å². The van der Waals surface area contributed by atoms with Crippen LogP contribution in [0.25, 0.3) is 5.69 Å². The minimum absolute atomic E-state index is 0.244. The van der Waals surface area contributed by atoms with Crippen molar-refractivity contribution in [3.8, 4) is 5.69 Å². The molecule has 0 aliphatic carbocycles. The molecule has 3 rings (SSSR count). The van der Waals surface area contributed by atoms with Crippen molar-refractivity contribution < 1.29 is 4.79 Å². The van der Waals surface area contributed by atoms with E-state index in [1.165, 1.54) is 0 Å². The van der Waals surface area contributed by atoms with E-state index >= 15 is 0 Å². The van der Waals surface area contributed by atoms with Crippen molar-refractivity contribution in [2.24, 2.45) is 0 Å². The van der Waals surface area contributed by atoms with Crippen LogP contribution in [0.4, 0.5) is 5.95 Å². The molecule has 0 fully saturated rings. The van der Waals surface area contributed by atoms with Crippen LogP contribution in [0.3, 0.4) is 0 Å². The maximum absolute atomic E-state index is 12.4. The van der Waals surface area contributed by atoms with Gasteiger partial charge < -0.3 is 4.57 Å². The first-order chi connectivity index (χ1) is 11.5. The van der Waals surface area contributed by atoms with Crippen molar-refractivity contribution >= 4 is 11.9 Å². The molecule has 3 aromatic rings. The fourth-order valence-corrected chi connectivity index (χ4v) is 2.49. The number of hydrazine groups is 1. The number of carbonyl (C=O) groups is 1. The zero-order valence-corrected chi connectivity index (χ0v) is 13.9. The number of nitrogens with zero attached hydrogens (tertiary/aromatic N) is 3. The second kappa shape index (κ2) is 6.54. The average Bonchev–Trinajstić information content (AvgIpc) is 3.06. The predicted molar refractivity (Wildman–Crippen MR) is 93.1 cm³/mol. The first-order valence-corrected chi connectivity index (χ1v) is 7.65. The molecule has 1 amide bonds. The van der Waals surface area contributed by atoms with E-state index in [0.717, 1.165) is 22.6 Å². The summed E-state index contributed by atoms with van der Waals surface area (Å²) in [5.74, 6) is 0.129. The lowest BCUT2D eigenvalue weighted by Gasteiger charge is -2.11. The number of aromatic nitrogens is 3. The number of aryl methyl sites for hydroxylation is 3. The zero-order chi connectivity index (χ0) is 17.1. The van der Waals surface area contributed by atoms with E-state index in [-0.39, 0.29) is 5.91 Å². The summed E-state index contributed by atoms with van der Waals surface area (Å²) in [5, 5.41) is 0. The predicted octanol–water partition coefficient (Wildman–Crippen LogP) is 2.95. The van der Waals surface area contributed by atoms with Crippen LogP contribution in [0.15, 0.2) is 48.8 Å². The lowest BCUT2D eigenvalue weighted by molar-refractivity contribution is 0.0962. The third-order valence-corrected chi connectivity index (χ3v) is 3.62. The van der Waals surface area contributed by atoms with Crippen molar-refractivity contribution in [3.63, 3.8) is 0 Å². The van der Waals surface area contributed by atoms with Gasteiger partial charge in [-0.3, -0.25) is 15.6 Å². The SMILES string of the molecule is Cc1cc(C)nc(NNC(=O)c2ccc(C)c(-n3cccc3)c2)n1. The van der Waals surface area contributed by atoms with Gasteiger partial charge in [0.15, 0.2) is 0 Å². The van der Waals surface area contributed by atoms with Crippen LogP contribution in [0.5, 0.6) is 0 Å². The Balaban J connectivity index is 1.77. The minimum Gasteiger partial charge on any atom is -0.324 e. The summed E-state index contributed by atoms with van der Waals surface area (Å²) in [6.07, 6.45) is 3.90. The summed E-state index contributed by atoms with van der Waals surface area (Å²) in [5.41, 5.74) is 9.69. The van der Waals surface area contributed by atoms with E-state index in [4.69, 9.17) is 0 Å². The number of hydrogen-bond acceptors (Lipinski definition) is 4. The molecule has 0 saturated carbocycles. The van der Waals surface area contributed by atoms with Crippen molar-refractivity contribution in [3.05, 3.63) is 71.3 Å². The first kappa shape index (κ1) is 15.7. The Kier molecular flexibility index (Phi) is 4.29. The quantitative estimate of drug-likeness (QED) is 0.725. The molecule has 0 atom stereocenters. The summed E-state index contributed by atoms with van der Waals surface area (Å²) in [6.45, 7) is 5.77. The molecule has 1 aromatic carbocycles. The van der Waals surface area contributed by atoms with Gasteiger partial charge in [0.05, 0.1) is 0 Å². The lowest BCUT2D eigenvalue weighted by atomic mass is 10.1. The van der Waals surface area contributed by atoms with E-state index in [0.29, 0.717) is 11.5 Å². The highest BCUT2D eigenvalue weighted by molar-refractivity contribution is 5.95. The van der Waals surface area contributed by atoms with Gasteiger partial charge in [0, 0.05) is 35.0 Å². The monoisotopic (exact) mass is 321 g/mol. The smallest absolute Gasteiger partial charge is 0.269 e. The van der Waals surface area contributed by atoms with Crippen LogP contribution in [-0.2, 0) is 0 Å². The van der Waals surface area contributed by atoms with Crippen LogP contribution < -0.4 is 10.9 Å². The molecule has 0 spiro atoms. The number of nitrogens with one attached hydrogen (secondary N) is 2. The van der Waals surface area contributed by atoms with E-state index in [9.17, 15) is 4.79 Å². The van der Waals surface area contributed by atoms with Gasteiger partial charge in [-0.2, -0.15) is 0 Å². The van der Waals surface area contributed by atoms with Crippen LogP contribution in [0, 0.1) is 20.8 Å². The highest BCUT2D eigenvalue weighted by Crippen LogP contribution is 2.16. The molecule has 0 aliphatic rings. The molecule has 24 heavy (non-hydrogen) atoms. The second-order valence-corrected chi connectivity index (χ2v) is 5.65. The topological polar surface area (TPSA) is 71.8 Å². The summed E-state index contributed by atoms with van der Waals surface area (Å²) in [7, 11) is 0. The standard InChI is InChI=1S/C18H19N5O/c1-12-6-7-15(11-16(12)23-8-4-5-9-23)17(24)21-22-18-19-13(2)10-14(3)20-18/h4-11H,1-3H3,(H,21,24)(H,19,20,22). The largest absolute Gasteiger partial charge is 0.324 e. The Bertz CT molecular complexity index is 851. The molecule has 6 nitrogen and oxygen atoms in total. The fraction of sp³-hybridized carbons (Fsp3) is 0.167. The van der Waals surface area contributed by atoms with E-state index < -0.39 is 0 Å². The zero-order valence-electron chi connectivity index (χ0n) is 13.9. The van der Waals surface area contributed by atoms with Crippen LogP contribution in [0.2, 0.25) is 0 Å². The van der Waals surface area contributed by atoms with Gasteiger partial charge in [-0.05, 0) is 56.7 Å². The normalized spacial score (nSPS) is 10.5. The van der Waals surface area contributed by atoms with Gasteiger partial charge >= 0.3 is 0 Å². The Hall–Kier alpha value is -3.15. The summed E-state index contributed by atoms with van der Waals surface area (Å²) >= 11 is 0. The van der Waals surface area contributed by atoms with Crippen molar-refractivity contribution in [2.75, 3.05) is 5.43 Å². The maximum atomic E-state index is 12.4. The number of benzene rings is 1. The maximum Gasteiger partial charge on any atom is 0.269 e. The number of carbonyl (C=O) groups excluding carboxylic acids is 1. The molecule has 2 N–H and O–H groups in total. The Morgan fingerprint density at radius 2 is 1.67 bits per heavy atom. The van der Waals surface area contributed by atoms with Gasteiger partial charge in [0.1, 0.15) is 0 Å². The van der Waals surface area contributed by atoms with Gasteiger partial charge in [-0.15, -0.1) is 0 Å². The second-order valence-electron chi connectivity index (χ2n) is 5.65. The molecule has 0 radical (unpaired) electrons. The fourth-order valence-electron chi connectivity index (χ4n) is 2.49. The number of rotatable bonds is 4. The molecule has 0 aliphatic heterocycles. The van der Waals surface area contributed by atoms with E-state index in [1.54, 1.807) is 6.07 Å². The molecule has 122 valence electrons. The van der Waals surface area contributed by atoms with E-state index in [1.807, 2.05) is 68.1 Å². The molecular formula is C18H19N5O. The summed E-state index contributed by atoms with van der Waals surface area (Å²) in [4.78, 5) is 20.8. The number of anilines is 1. The van der Waals surface area contributed by atoms with Gasteiger partial charge in [0.2, 0.25) is 5.95 Å². The molecule has 0 saturated heterocycles. The van der Waals surface area contributed by atoms with Crippen molar-refractivity contribution in [1.82, 2.24) is 20.0 Å². The highest BCUT2D eigenvalue weighted by atomic mass is 16.2. The Morgan fingerprint density at radius 1 is 1.00 bits per heavy atom. The van der Waals surface area contributed by atoms with Crippen LogP contribution >= 0.6 is 0 Å². The molecule has 0 unspecified atom stereocenters. The van der Waals surface area contributed by atoms with Crippen LogP contribution in [-0.4, -0.2) is 20.4 Å². The van der Waals surface area contributed by atoms with Gasteiger partial charge in [-0.1, -0.05) is 6.07 Å².